The molecule has 5 nitrogen and oxygen atoms in total. The van der Waals surface area contributed by atoms with E-state index >= 15 is 0 Å². The van der Waals surface area contributed by atoms with Gasteiger partial charge in [-0.2, -0.15) is 0 Å². The lowest BCUT2D eigenvalue weighted by Crippen LogP contribution is -2.24. The number of fused-ring (bicyclic) bond motifs is 3. The minimum Gasteiger partial charge on any atom is -0.320 e. The quantitative estimate of drug-likeness (QED) is 0.357. The maximum atomic E-state index is 11.9. The number of nitrogens with one attached hydrogen (secondary N) is 1. The van der Waals surface area contributed by atoms with Crippen molar-refractivity contribution in [3.05, 3.63) is 53.7 Å². The second-order valence-electron chi connectivity index (χ2n) is 6.46. The summed E-state index contributed by atoms with van der Waals surface area (Å²) in [6, 6.07) is 11.7. The maximum absolute atomic E-state index is 11.9. The summed E-state index contributed by atoms with van der Waals surface area (Å²) in [6.07, 6.45) is 8.34. The lowest BCUT2D eigenvalue weighted by molar-refractivity contribution is 0.150. The molecule has 1 aromatic carbocycles. The van der Waals surface area contributed by atoms with Crippen molar-refractivity contribution in [3.63, 3.8) is 0 Å². The Bertz CT molecular complexity index is 739. The predicted octanol–water partition coefficient (Wildman–Crippen LogP) is 4.90. The molecule has 2 aromatic rings. The van der Waals surface area contributed by atoms with Gasteiger partial charge >= 0.3 is 6.09 Å². The zero-order chi connectivity index (χ0) is 18.2. The number of amides is 1. The van der Waals surface area contributed by atoms with Gasteiger partial charge in [-0.25, -0.2) is 4.79 Å². The summed E-state index contributed by atoms with van der Waals surface area (Å²) in [4.78, 5) is 21.4. The van der Waals surface area contributed by atoms with Gasteiger partial charge in [0.2, 0.25) is 0 Å². The number of unbranched alkanes of at least 4 members (excludes halogenated alkanes) is 5. The van der Waals surface area contributed by atoms with Crippen LogP contribution in [-0.4, -0.2) is 23.3 Å². The molecule has 3 rings (SSSR count). The highest BCUT2D eigenvalue weighted by molar-refractivity contribution is 6.23. The van der Waals surface area contributed by atoms with Crippen LogP contribution in [0.4, 0.5) is 4.79 Å². The number of nitrogens with zero attached hydrogens (tertiary/aromatic N) is 2. The summed E-state index contributed by atoms with van der Waals surface area (Å²) < 4.78 is 0. The van der Waals surface area contributed by atoms with Crippen LogP contribution < -0.4 is 5.32 Å². The van der Waals surface area contributed by atoms with Crippen LogP contribution in [-0.2, 0) is 4.84 Å². The molecule has 0 spiro atoms. The van der Waals surface area contributed by atoms with Gasteiger partial charge in [-0.1, -0.05) is 68.4 Å². The van der Waals surface area contributed by atoms with E-state index in [1.165, 1.54) is 25.7 Å². The molecular formula is C21H25N3O2. The average molecular weight is 351 g/mol. The third kappa shape index (κ3) is 4.28. The summed E-state index contributed by atoms with van der Waals surface area (Å²) >= 11 is 0. The van der Waals surface area contributed by atoms with Crippen molar-refractivity contribution < 1.29 is 9.63 Å². The number of oxime groups is 1. The van der Waals surface area contributed by atoms with Crippen LogP contribution in [0.1, 0.15) is 56.6 Å². The largest absolute Gasteiger partial charge is 0.433 e. The fourth-order valence-electron chi connectivity index (χ4n) is 3.17. The van der Waals surface area contributed by atoms with Crippen LogP contribution >= 0.6 is 0 Å². The molecule has 0 atom stereocenters. The van der Waals surface area contributed by atoms with Crippen molar-refractivity contribution in [1.29, 1.82) is 0 Å². The molecule has 26 heavy (non-hydrogen) atoms. The summed E-state index contributed by atoms with van der Waals surface area (Å²) in [6.45, 7) is 2.82. The number of benzene rings is 1. The van der Waals surface area contributed by atoms with Gasteiger partial charge < -0.3 is 5.32 Å². The number of carbonyl (C=O) groups excluding carboxylic acids is 1. The van der Waals surface area contributed by atoms with Crippen LogP contribution in [0, 0.1) is 0 Å². The fraction of sp³-hybridized carbons (Fsp3) is 0.381. The number of rotatable bonds is 8. The minimum absolute atomic E-state index is 0.513. The van der Waals surface area contributed by atoms with E-state index in [-0.39, 0.29) is 0 Å². The monoisotopic (exact) mass is 351 g/mol. The number of hydrogen-bond acceptors (Lipinski definition) is 4. The fourth-order valence-corrected chi connectivity index (χ4v) is 3.17. The minimum atomic E-state index is -0.513. The first-order chi connectivity index (χ1) is 12.8. The molecule has 0 bridgehead atoms. The molecule has 0 radical (unpaired) electrons. The van der Waals surface area contributed by atoms with E-state index in [1.807, 2.05) is 36.4 Å². The summed E-state index contributed by atoms with van der Waals surface area (Å²) in [7, 11) is 0. The van der Waals surface area contributed by atoms with Crippen LogP contribution in [0.5, 0.6) is 0 Å². The molecule has 1 N–H and O–H groups in total. The highest BCUT2D eigenvalue weighted by atomic mass is 16.7. The molecule has 0 saturated carbocycles. The first-order valence-electron chi connectivity index (χ1n) is 9.39. The van der Waals surface area contributed by atoms with Crippen molar-refractivity contribution in [2.45, 2.75) is 45.4 Å². The maximum Gasteiger partial charge on any atom is 0.433 e. The van der Waals surface area contributed by atoms with E-state index in [0.717, 1.165) is 35.2 Å². The van der Waals surface area contributed by atoms with Crippen LogP contribution in [0.2, 0.25) is 0 Å². The SMILES string of the molecule is CCCCCCCCNC(=O)ON=C1c2ccccc2-c2ncccc21. The Kier molecular flexibility index (Phi) is 6.36. The van der Waals surface area contributed by atoms with E-state index in [0.29, 0.717) is 12.3 Å². The Labute approximate surface area is 154 Å². The zero-order valence-corrected chi connectivity index (χ0v) is 15.2. The number of hydrogen-bond donors (Lipinski definition) is 1. The standard InChI is InChI=1S/C21H25N3O2/c1-2-3-4-5-6-9-14-23-21(25)26-24-20-17-12-8-7-11-16(17)19-18(20)13-10-15-22-19/h7-8,10-13,15H,2-6,9,14H2,1H3,(H,23,25). The molecule has 0 fully saturated rings. The van der Waals surface area contributed by atoms with Crippen molar-refractivity contribution in [3.8, 4) is 11.3 Å². The van der Waals surface area contributed by atoms with Crippen LogP contribution in [0.25, 0.3) is 11.3 Å². The Morgan fingerprint density at radius 1 is 1.00 bits per heavy atom. The van der Waals surface area contributed by atoms with Crippen LogP contribution in [0.15, 0.2) is 47.8 Å². The smallest absolute Gasteiger partial charge is 0.320 e. The van der Waals surface area contributed by atoms with E-state index in [2.05, 4.69) is 22.4 Å². The number of pyridine rings is 1. The lowest BCUT2D eigenvalue weighted by atomic mass is 10.1. The van der Waals surface area contributed by atoms with Gasteiger partial charge in [-0.05, 0) is 18.6 Å². The van der Waals surface area contributed by atoms with Gasteiger partial charge in [0.25, 0.3) is 0 Å². The second-order valence-corrected chi connectivity index (χ2v) is 6.46. The zero-order valence-electron chi connectivity index (χ0n) is 15.2. The van der Waals surface area contributed by atoms with E-state index in [1.54, 1.807) is 6.20 Å². The summed E-state index contributed by atoms with van der Waals surface area (Å²) in [5.74, 6) is 0. The predicted molar refractivity (Wildman–Crippen MR) is 103 cm³/mol. The normalized spacial score (nSPS) is 13.3. The molecule has 0 saturated heterocycles. The van der Waals surface area contributed by atoms with Gasteiger partial charge in [0, 0.05) is 29.4 Å². The molecule has 1 aromatic heterocycles. The molecular weight excluding hydrogens is 326 g/mol. The van der Waals surface area contributed by atoms with Crippen molar-refractivity contribution in [2.75, 3.05) is 6.54 Å². The molecule has 5 heteroatoms. The molecule has 1 amide bonds. The molecule has 1 heterocycles. The van der Waals surface area contributed by atoms with E-state index < -0.39 is 6.09 Å². The Hall–Kier alpha value is -2.69. The van der Waals surface area contributed by atoms with Crippen molar-refractivity contribution >= 4 is 11.8 Å². The van der Waals surface area contributed by atoms with E-state index in [9.17, 15) is 4.79 Å². The number of aromatic nitrogens is 1. The Morgan fingerprint density at radius 2 is 1.73 bits per heavy atom. The summed E-state index contributed by atoms with van der Waals surface area (Å²) in [5.41, 5.74) is 4.36. The third-order valence-corrected chi connectivity index (χ3v) is 4.52. The van der Waals surface area contributed by atoms with E-state index in [4.69, 9.17) is 4.84 Å². The first-order valence-corrected chi connectivity index (χ1v) is 9.39. The van der Waals surface area contributed by atoms with Gasteiger partial charge in [-0.3, -0.25) is 9.82 Å². The first kappa shape index (κ1) is 18.1. The highest BCUT2D eigenvalue weighted by Gasteiger charge is 2.26. The summed E-state index contributed by atoms with van der Waals surface area (Å²) in [5, 5.41) is 6.87. The third-order valence-electron chi connectivity index (χ3n) is 4.52. The molecule has 136 valence electrons. The lowest BCUT2D eigenvalue weighted by Gasteiger charge is -2.04. The van der Waals surface area contributed by atoms with Gasteiger partial charge in [0.15, 0.2) is 0 Å². The second kappa shape index (κ2) is 9.13. The van der Waals surface area contributed by atoms with Crippen LogP contribution in [0.3, 0.4) is 0 Å². The highest BCUT2D eigenvalue weighted by Crippen LogP contribution is 2.34. The number of carbonyl (C=O) groups is 1. The molecule has 1 aliphatic rings. The topological polar surface area (TPSA) is 63.6 Å². The van der Waals surface area contributed by atoms with Gasteiger partial charge in [0.05, 0.1) is 5.69 Å². The molecule has 0 aliphatic heterocycles. The van der Waals surface area contributed by atoms with Crippen molar-refractivity contribution in [1.82, 2.24) is 10.3 Å². The molecule has 0 unspecified atom stereocenters. The molecule has 1 aliphatic carbocycles. The van der Waals surface area contributed by atoms with Gasteiger partial charge in [0.1, 0.15) is 5.71 Å². The van der Waals surface area contributed by atoms with Crippen molar-refractivity contribution in [2.24, 2.45) is 5.16 Å². The Morgan fingerprint density at radius 3 is 2.58 bits per heavy atom. The van der Waals surface area contributed by atoms with Gasteiger partial charge in [-0.15, -0.1) is 0 Å². The average Bonchev–Trinajstić information content (AvgIpc) is 3.00. The Balaban J connectivity index is 1.55.